The van der Waals surface area contributed by atoms with Gasteiger partial charge >= 0.3 is 0 Å². The molecule has 1 rings (SSSR count). The molecule has 0 amide bonds. The minimum Gasteiger partial charge on any atom is -0.391 e. The predicted octanol–water partition coefficient (Wildman–Crippen LogP) is 4.13. The van der Waals surface area contributed by atoms with Crippen molar-refractivity contribution >= 4 is 18.2 Å². The maximum atomic E-state index is 12.0. The molecular formula is C18H30O4SSi. The molecule has 4 nitrogen and oxygen atoms in total. The molecule has 0 saturated carbocycles. The monoisotopic (exact) mass is 370 g/mol. The topological polar surface area (TPSA) is 63.6 Å². The number of aliphatic hydroxyl groups excluding tert-OH is 1. The minimum absolute atomic E-state index is 0.120. The van der Waals surface area contributed by atoms with Crippen molar-refractivity contribution in [2.75, 3.05) is 6.61 Å². The Morgan fingerprint density at radius 1 is 1.17 bits per heavy atom. The van der Waals surface area contributed by atoms with E-state index in [1.807, 2.05) is 6.92 Å². The minimum atomic E-state index is -3.80. The molecule has 0 heterocycles. The highest BCUT2D eigenvalue weighted by molar-refractivity contribution is 7.86. The average Bonchev–Trinajstić information content (AvgIpc) is 2.48. The lowest BCUT2D eigenvalue weighted by Crippen LogP contribution is -2.19. The first kappa shape index (κ1) is 21.1. The van der Waals surface area contributed by atoms with Gasteiger partial charge in [0.2, 0.25) is 0 Å². The van der Waals surface area contributed by atoms with Gasteiger partial charge in [0.25, 0.3) is 10.1 Å². The molecular weight excluding hydrogens is 340 g/mol. The van der Waals surface area contributed by atoms with Crippen molar-refractivity contribution < 1.29 is 17.7 Å². The summed E-state index contributed by atoms with van der Waals surface area (Å²) in [5.74, 6) is 0. The van der Waals surface area contributed by atoms with Crippen molar-refractivity contribution in [1.82, 2.24) is 0 Å². The van der Waals surface area contributed by atoms with E-state index < -0.39 is 24.3 Å². The average molecular weight is 371 g/mol. The molecule has 0 fully saturated rings. The Balaban J connectivity index is 2.30. The molecule has 0 radical (unpaired) electrons. The van der Waals surface area contributed by atoms with Crippen LogP contribution in [0.25, 0.3) is 0 Å². The van der Waals surface area contributed by atoms with E-state index in [0.29, 0.717) is 6.42 Å². The van der Waals surface area contributed by atoms with E-state index in [1.165, 1.54) is 12.1 Å². The van der Waals surface area contributed by atoms with Gasteiger partial charge in [-0.25, -0.2) is 0 Å². The summed E-state index contributed by atoms with van der Waals surface area (Å²) < 4.78 is 29.0. The molecule has 24 heavy (non-hydrogen) atoms. The van der Waals surface area contributed by atoms with Gasteiger partial charge in [0, 0.05) is 8.07 Å². The lowest BCUT2D eigenvalue weighted by atomic mass is 10.1. The molecule has 0 bridgehead atoms. The van der Waals surface area contributed by atoms with Crippen LogP contribution in [0.4, 0.5) is 0 Å². The lowest BCUT2D eigenvalue weighted by Gasteiger charge is -2.12. The molecule has 1 aromatic carbocycles. The third-order valence-electron chi connectivity index (χ3n) is 3.53. The van der Waals surface area contributed by atoms with Crippen LogP contribution in [0.2, 0.25) is 25.7 Å². The molecule has 1 atom stereocenters. The molecule has 0 aliphatic heterocycles. The van der Waals surface area contributed by atoms with Crippen LogP contribution in [0.15, 0.2) is 41.3 Å². The molecule has 1 aromatic rings. The standard InChI is InChI=1S/C18H30O4SSi/c1-16-10-12-18(13-11-16)23(20,21)22-15-17(19)9-7-5-6-8-14-24(2,3)4/h6,8,10-13,17,19H,5,7,9,14-15H2,1-4H3/b8-6-. The number of aliphatic hydroxyl groups is 1. The van der Waals surface area contributed by atoms with E-state index in [-0.39, 0.29) is 11.5 Å². The molecule has 1 unspecified atom stereocenters. The molecule has 0 saturated heterocycles. The Morgan fingerprint density at radius 2 is 1.79 bits per heavy atom. The van der Waals surface area contributed by atoms with Gasteiger partial charge in [-0.3, -0.25) is 4.18 Å². The highest BCUT2D eigenvalue weighted by Crippen LogP contribution is 2.14. The number of allylic oxidation sites excluding steroid dienone is 2. The number of hydrogen-bond acceptors (Lipinski definition) is 4. The molecule has 0 aliphatic carbocycles. The van der Waals surface area contributed by atoms with Crippen LogP contribution in [0.3, 0.4) is 0 Å². The third kappa shape index (κ3) is 8.77. The van der Waals surface area contributed by atoms with Crippen molar-refractivity contribution in [3.8, 4) is 0 Å². The van der Waals surface area contributed by atoms with E-state index in [2.05, 4.69) is 31.8 Å². The zero-order chi connectivity index (χ0) is 18.2. The molecule has 1 N–H and O–H groups in total. The summed E-state index contributed by atoms with van der Waals surface area (Å²) in [5, 5.41) is 9.88. The molecule has 0 aliphatic rings. The van der Waals surface area contributed by atoms with Crippen LogP contribution in [-0.4, -0.2) is 34.3 Å². The van der Waals surface area contributed by atoms with Crippen molar-refractivity contribution in [2.24, 2.45) is 0 Å². The van der Waals surface area contributed by atoms with E-state index in [4.69, 9.17) is 4.18 Å². The van der Waals surface area contributed by atoms with Crippen LogP contribution in [0, 0.1) is 6.92 Å². The maximum Gasteiger partial charge on any atom is 0.297 e. The molecule has 0 spiro atoms. The van der Waals surface area contributed by atoms with Crippen LogP contribution in [0.1, 0.15) is 24.8 Å². The summed E-state index contributed by atoms with van der Waals surface area (Å²) in [6, 6.07) is 7.63. The summed E-state index contributed by atoms with van der Waals surface area (Å²) in [5.41, 5.74) is 0.983. The largest absolute Gasteiger partial charge is 0.391 e. The first-order valence-electron chi connectivity index (χ1n) is 8.39. The van der Waals surface area contributed by atoms with E-state index >= 15 is 0 Å². The number of aryl methyl sites for hydroxylation is 1. The van der Waals surface area contributed by atoms with Gasteiger partial charge in [-0.15, -0.1) is 0 Å². The number of benzene rings is 1. The van der Waals surface area contributed by atoms with Crippen LogP contribution in [-0.2, 0) is 14.3 Å². The lowest BCUT2D eigenvalue weighted by molar-refractivity contribution is 0.101. The van der Waals surface area contributed by atoms with Gasteiger partial charge in [-0.2, -0.15) is 8.42 Å². The van der Waals surface area contributed by atoms with Gasteiger partial charge in [0.15, 0.2) is 0 Å². The SMILES string of the molecule is Cc1ccc(S(=O)(=O)OCC(O)CCC/C=C\C[Si](C)(C)C)cc1. The normalized spacial score (nSPS) is 14.2. The Kier molecular flexibility index (Phi) is 8.36. The van der Waals surface area contributed by atoms with E-state index in [0.717, 1.165) is 24.4 Å². The molecule has 136 valence electrons. The summed E-state index contributed by atoms with van der Waals surface area (Å²) in [6.07, 6.45) is 5.84. The second-order valence-electron chi connectivity index (χ2n) is 7.37. The Hall–Kier alpha value is -0.953. The van der Waals surface area contributed by atoms with Crippen LogP contribution >= 0.6 is 0 Å². The first-order valence-corrected chi connectivity index (χ1v) is 13.5. The second-order valence-corrected chi connectivity index (χ2v) is 14.5. The molecule has 6 heteroatoms. The zero-order valence-corrected chi connectivity index (χ0v) is 17.0. The van der Waals surface area contributed by atoms with Crippen molar-refractivity contribution in [1.29, 1.82) is 0 Å². The Morgan fingerprint density at radius 3 is 2.38 bits per heavy atom. The summed E-state index contributed by atoms with van der Waals surface area (Å²) in [7, 11) is -4.83. The quantitative estimate of drug-likeness (QED) is 0.291. The smallest absolute Gasteiger partial charge is 0.297 e. The van der Waals surface area contributed by atoms with Crippen LogP contribution < -0.4 is 0 Å². The Bertz CT molecular complexity index is 615. The zero-order valence-electron chi connectivity index (χ0n) is 15.2. The van der Waals surface area contributed by atoms with Crippen molar-refractivity contribution in [2.45, 2.75) is 62.9 Å². The van der Waals surface area contributed by atoms with Gasteiger partial charge < -0.3 is 5.11 Å². The van der Waals surface area contributed by atoms with E-state index in [1.54, 1.807) is 12.1 Å². The highest BCUT2D eigenvalue weighted by atomic mass is 32.2. The van der Waals surface area contributed by atoms with Gasteiger partial charge in [0.05, 0.1) is 17.6 Å². The van der Waals surface area contributed by atoms with Gasteiger partial charge in [0.1, 0.15) is 0 Å². The molecule has 0 aromatic heterocycles. The van der Waals surface area contributed by atoms with Crippen molar-refractivity contribution in [3.05, 3.63) is 42.0 Å². The summed E-state index contributed by atoms with van der Waals surface area (Å²) in [6.45, 7) is 8.67. The maximum absolute atomic E-state index is 12.0. The fourth-order valence-corrected chi connectivity index (χ4v) is 3.87. The fourth-order valence-electron chi connectivity index (χ4n) is 2.05. The van der Waals surface area contributed by atoms with Crippen LogP contribution in [0.5, 0.6) is 0 Å². The predicted molar refractivity (Wildman–Crippen MR) is 101 cm³/mol. The first-order chi connectivity index (χ1) is 11.1. The Labute approximate surface area is 147 Å². The summed E-state index contributed by atoms with van der Waals surface area (Å²) >= 11 is 0. The fraction of sp³-hybridized carbons (Fsp3) is 0.556. The third-order valence-corrected chi connectivity index (χ3v) is 6.29. The van der Waals surface area contributed by atoms with Gasteiger partial charge in [-0.1, -0.05) is 49.5 Å². The highest BCUT2D eigenvalue weighted by Gasteiger charge is 2.17. The number of hydrogen-bond donors (Lipinski definition) is 1. The van der Waals surface area contributed by atoms with E-state index in [9.17, 15) is 13.5 Å². The number of rotatable bonds is 10. The van der Waals surface area contributed by atoms with Crippen molar-refractivity contribution in [3.63, 3.8) is 0 Å². The van der Waals surface area contributed by atoms with Gasteiger partial charge in [-0.05, 0) is 44.4 Å². The number of unbranched alkanes of at least 4 members (excludes halogenated alkanes) is 1. The summed E-state index contributed by atoms with van der Waals surface area (Å²) in [4.78, 5) is 0.120. The second kappa shape index (κ2) is 9.51.